The molecule has 0 saturated heterocycles. The zero-order valence-electron chi connectivity index (χ0n) is 63.4. The summed E-state index contributed by atoms with van der Waals surface area (Å²) in [6.07, 6.45) is 24.2. The predicted molar refractivity (Wildman–Crippen MR) is 451 cm³/mol. The van der Waals surface area contributed by atoms with Crippen LogP contribution in [-0.2, 0) is 16.2 Å². The minimum Gasteiger partial charge on any atom is -0.458 e. The van der Waals surface area contributed by atoms with Crippen molar-refractivity contribution in [1.29, 1.82) is 0 Å². The SMILES string of the molecule is Cc1cccc(C)c1N1c2cc3c(cc2B2c4ccccc4N(c4ccccc4)c4cc(C56CC7CC(CC(C7)C5)C6)cc1c42)B1c2cc4c(cc2Oc2cc(C56CC7CC(CC(C7)C5)C6)cc(c21)O3)N(c1c(C)cccc1C)c1cc(C23CC5CC(CC(C5)C2)C3)cc2c1B4c1ccccc1N2c1ccccc1. The molecule has 0 unspecified atom stereocenters. The number of hydrogen-bond donors (Lipinski definition) is 0. The van der Waals surface area contributed by atoms with E-state index in [2.05, 4.69) is 254 Å². The Balaban J connectivity index is 0.744. The molecule has 12 bridgehead atoms. The van der Waals surface area contributed by atoms with E-state index in [1.165, 1.54) is 261 Å². The molecule has 9 heteroatoms. The Bertz CT molecular complexity index is 5370. The van der Waals surface area contributed by atoms with Gasteiger partial charge < -0.3 is 29.1 Å². The lowest BCUT2D eigenvalue weighted by atomic mass is 9.29. The second-order valence-corrected chi connectivity index (χ2v) is 38.3. The molecule has 6 aliphatic heterocycles. The molecule has 6 heterocycles. The van der Waals surface area contributed by atoms with Gasteiger partial charge in [0.25, 0.3) is 20.1 Å². The second-order valence-electron chi connectivity index (χ2n) is 38.3. The summed E-state index contributed by atoms with van der Waals surface area (Å²) >= 11 is 0. The number of fused-ring (bicyclic) bond motifs is 12. The average molecular weight is 1410 g/mol. The first-order valence-corrected chi connectivity index (χ1v) is 42.3. The summed E-state index contributed by atoms with van der Waals surface area (Å²) in [5.74, 6) is 11.1. The first-order chi connectivity index (χ1) is 53.4. The zero-order chi connectivity index (χ0) is 71.4. The van der Waals surface area contributed by atoms with Gasteiger partial charge in [-0.1, -0.05) is 121 Å². The monoisotopic (exact) mass is 1410 g/mol. The average Bonchev–Trinajstić information content (AvgIpc) is 0.683. The highest BCUT2D eigenvalue weighted by Crippen LogP contribution is 2.66. The molecule has 0 radical (unpaired) electrons. The van der Waals surface area contributed by atoms with Crippen LogP contribution in [0.3, 0.4) is 0 Å². The van der Waals surface area contributed by atoms with Gasteiger partial charge in [0.05, 0.1) is 11.4 Å². The van der Waals surface area contributed by atoms with Gasteiger partial charge in [-0.2, -0.15) is 0 Å². The van der Waals surface area contributed by atoms with Crippen LogP contribution in [0.4, 0.5) is 68.2 Å². The molecule has 0 aromatic heterocycles. The van der Waals surface area contributed by atoms with Crippen LogP contribution in [-0.4, -0.2) is 20.1 Å². The van der Waals surface area contributed by atoms with Gasteiger partial charge in [-0.3, -0.25) is 0 Å². The number of anilines is 12. The first kappa shape index (κ1) is 62.2. The Labute approximate surface area is 643 Å². The van der Waals surface area contributed by atoms with E-state index in [0.717, 1.165) is 76.3 Å². The Morgan fingerprint density at radius 2 is 0.560 bits per heavy atom. The van der Waals surface area contributed by atoms with E-state index in [9.17, 15) is 0 Å². The summed E-state index contributed by atoms with van der Waals surface area (Å²) in [7, 11) is 0. The number of nitrogens with zero attached hydrogens (tertiary/aromatic N) is 4. The molecule has 11 aromatic rings. The predicted octanol–water partition coefficient (Wildman–Crippen LogP) is 19.2. The first-order valence-electron chi connectivity index (χ1n) is 42.3. The molecule has 109 heavy (non-hydrogen) atoms. The van der Waals surface area contributed by atoms with Crippen molar-refractivity contribution in [3.05, 3.63) is 245 Å². The van der Waals surface area contributed by atoms with Crippen LogP contribution in [0.1, 0.15) is 155 Å². The van der Waals surface area contributed by atoms with E-state index in [-0.39, 0.29) is 36.4 Å². The van der Waals surface area contributed by atoms with E-state index >= 15 is 0 Å². The maximum absolute atomic E-state index is 8.08. The number of rotatable bonds is 7. The highest BCUT2D eigenvalue weighted by atomic mass is 16.5. The van der Waals surface area contributed by atoms with Gasteiger partial charge in [0.15, 0.2) is 0 Å². The van der Waals surface area contributed by atoms with Crippen molar-refractivity contribution in [2.24, 2.45) is 53.3 Å². The van der Waals surface area contributed by atoms with Gasteiger partial charge >= 0.3 is 0 Å². The third-order valence-corrected chi connectivity index (χ3v) is 32.0. The summed E-state index contributed by atoms with van der Waals surface area (Å²) in [5.41, 5.74) is 37.1. The van der Waals surface area contributed by atoms with Gasteiger partial charge in [-0.15, -0.1) is 0 Å². The van der Waals surface area contributed by atoms with Crippen LogP contribution >= 0.6 is 0 Å². The molecule has 6 nitrogen and oxygen atoms in total. The smallest absolute Gasteiger partial charge is 0.260 e. The molecule has 0 spiro atoms. The fourth-order valence-corrected chi connectivity index (χ4v) is 29.2. The van der Waals surface area contributed by atoms with E-state index in [1.807, 2.05) is 0 Å². The van der Waals surface area contributed by atoms with Crippen LogP contribution in [0.2, 0.25) is 0 Å². The number of aryl methyl sites for hydroxylation is 4. The van der Waals surface area contributed by atoms with E-state index < -0.39 is 0 Å². The van der Waals surface area contributed by atoms with Crippen molar-refractivity contribution in [1.82, 2.24) is 0 Å². The van der Waals surface area contributed by atoms with Crippen molar-refractivity contribution >= 4 is 138 Å². The molecule has 12 saturated carbocycles. The van der Waals surface area contributed by atoms with Crippen LogP contribution in [0, 0.1) is 81.0 Å². The molecule has 12 fully saturated rings. The molecule has 29 rings (SSSR count). The Hall–Kier alpha value is -9.59. The molecule has 0 amide bonds. The number of hydrogen-bond acceptors (Lipinski definition) is 6. The van der Waals surface area contributed by atoms with Crippen molar-refractivity contribution in [3.8, 4) is 23.0 Å². The highest BCUT2D eigenvalue weighted by molar-refractivity contribution is 7.03. The molecule has 11 aromatic carbocycles. The lowest BCUT2D eigenvalue weighted by Crippen LogP contribution is -2.65. The summed E-state index contributed by atoms with van der Waals surface area (Å²) < 4.78 is 16.2. The number of ether oxygens (including phenoxy) is 2. The van der Waals surface area contributed by atoms with E-state index in [4.69, 9.17) is 9.47 Å². The van der Waals surface area contributed by atoms with Crippen molar-refractivity contribution < 1.29 is 9.47 Å². The molecule has 0 atom stereocenters. The third kappa shape index (κ3) is 8.53. The largest absolute Gasteiger partial charge is 0.458 e. The molecule has 18 aliphatic rings. The van der Waals surface area contributed by atoms with E-state index in [1.54, 1.807) is 11.1 Å². The number of benzene rings is 11. The highest BCUT2D eigenvalue weighted by Gasteiger charge is 2.58. The van der Waals surface area contributed by atoms with Gasteiger partial charge in [0, 0.05) is 74.5 Å². The maximum atomic E-state index is 8.08. The van der Waals surface area contributed by atoms with Crippen molar-refractivity contribution in [2.75, 3.05) is 19.6 Å². The van der Waals surface area contributed by atoms with Crippen LogP contribution in [0.25, 0.3) is 0 Å². The molecular weight excluding hydrogens is 1320 g/mol. The van der Waals surface area contributed by atoms with Crippen LogP contribution in [0.5, 0.6) is 23.0 Å². The minimum absolute atomic E-state index is 0.0786. The third-order valence-electron chi connectivity index (χ3n) is 32.0. The lowest BCUT2D eigenvalue weighted by Gasteiger charge is -2.57. The normalized spacial score (nSPS) is 28.7. The molecular formula is C100H91B3N4O2. The van der Waals surface area contributed by atoms with Crippen molar-refractivity contribution in [2.45, 2.75) is 160 Å². The van der Waals surface area contributed by atoms with E-state index in [0.29, 0.717) is 0 Å². The van der Waals surface area contributed by atoms with Gasteiger partial charge in [0.1, 0.15) is 23.0 Å². The topological polar surface area (TPSA) is 31.4 Å². The fraction of sp³-hybridized carbons (Fsp3) is 0.340. The Kier molecular flexibility index (Phi) is 12.5. The second kappa shape index (κ2) is 21.9. The maximum Gasteiger partial charge on any atom is 0.260 e. The van der Waals surface area contributed by atoms with Gasteiger partial charge in [-0.05, 0) is 368 Å². The molecule has 12 aliphatic carbocycles. The molecule has 532 valence electrons. The van der Waals surface area contributed by atoms with Gasteiger partial charge in [0.2, 0.25) is 0 Å². The standard InChI is InChI=1S/C100H91B3N4O2/c1-57-17-15-18-58(2)96(57)106-83-46-89-79(44-77(83)101-75-25-11-13-27-81(75)104(73-21-7-5-8-22-73)85-38-70(40-87(106)93(85)101)98-48-61-29-62(49-98)31-63(30-61)50-98)103-80-45-78-84(47-90(80)109-92-43-72(42-91(108-89)95(92)103)100-54-67-35-68(55-100)37-69(36-67)56-100)107(97-59(3)19-16-20-60(97)4)88-41-71(99-51-64-32-65(52-99)34-66(33-64)53-99)39-86-94(88)102(78)76-26-12-14-28-82(76)105(86)74-23-9-6-10-24-74/h5-28,38-47,61-69H,29-37,48-56H2,1-4H3. The lowest BCUT2D eigenvalue weighted by molar-refractivity contribution is -0.00538. The summed E-state index contributed by atoms with van der Waals surface area (Å²) in [6, 6.07) is 82.5. The van der Waals surface area contributed by atoms with Crippen LogP contribution < -0.4 is 78.2 Å². The molecule has 0 N–H and O–H groups in total. The quantitative estimate of drug-likeness (QED) is 0.148. The number of para-hydroxylation sites is 6. The summed E-state index contributed by atoms with van der Waals surface area (Å²) in [6.45, 7) is 9.09. The summed E-state index contributed by atoms with van der Waals surface area (Å²) in [4.78, 5) is 10.9. The van der Waals surface area contributed by atoms with Crippen LogP contribution in [0.15, 0.2) is 206 Å². The zero-order valence-corrected chi connectivity index (χ0v) is 63.4. The Morgan fingerprint density at radius 3 is 0.908 bits per heavy atom. The summed E-state index contributed by atoms with van der Waals surface area (Å²) in [5, 5.41) is 0. The van der Waals surface area contributed by atoms with Crippen molar-refractivity contribution in [3.63, 3.8) is 0 Å². The minimum atomic E-state index is -0.209. The Morgan fingerprint density at radius 1 is 0.257 bits per heavy atom. The fourth-order valence-electron chi connectivity index (χ4n) is 29.2. The van der Waals surface area contributed by atoms with Gasteiger partial charge in [-0.25, -0.2) is 0 Å².